The Morgan fingerprint density at radius 3 is 2.75 bits per heavy atom. The van der Waals surface area contributed by atoms with Gasteiger partial charge >= 0.3 is 0 Å². The lowest BCUT2D eigenvalue weighted by Crippen LogP contribution is -2.55. The summed E-state index contributed by atoms with van der Waals surface area (Å²) in [6, 6.07) is 9.83. The number of aromatic nitrogens is 2. The predicted molar refractivity (Wildman–Crippen MR) is 114 cm³/mol. The van der Waals surface area contributed by atoms with Crippen LogP contribution in [0.25, 0.3) is 21.3 Å². The number of amides is 1. The first-order chi connectivity index (χ1) is 13.6. The second-order valence-corrected chi connectivity index (χ2v) is 9.28. The molecule has 0 aliphatic carbocycles. The van der Waals surface area contributed by atoms with Gasteiger partial charge in [0.15, 0.2) is 5.69 Å². The van der Waals surface area contributed by atoms with Crippen molar-refractivity contribution in [3.63, 3.8) is 0 Å². The van der Waals surface area contributed by atoms with Crippen LogP contribution in [0.5, 0.6) is 0 Å². The standard InChI is InChI=1S/C22H26N4OS/c1-13-8-20(28-12-13)14-6-7-18-19(9-14)24-25-21(18)22(27)23-15-10-16-4-3-5-17(11-15)26(16)2/h6-9,12,15-17H,3-5,10-11H2,1-2H3,(H,23,27)(H,24,25). The van der Waals surface area contributed by atoms with E-state index in [9.17, 15) is 4.79 Å². The molecule has 0 radical (unpaired) electrons. The molecule has 2 bridgehead atoms. The second-order valence-electron chi connectivity index (χ2n) is 8.37. The van der Waals surface area contributed by atoms with Gasteiger partial charge in [0.25, 0.3) is 5.91 Å². The van der Waals surface area contributed by atoms with Gasteiger partial charge in [0.05, 0.1) is 5.52 Å². The van der Waals surface area contributed by atoms with Crippen molar-refractivity contribution >= 4 is 28.1 Å². The minimum absolute atomic E-state index is 0.0569. The van der Waals surface area contributed by atoms with E-state index in [1.807, 2.05) is 6.07 Å². The van der Waals surface area contributed by atoms with Gasteiger partial charge in [-0.15, -0.1) is 11.3 Å². The molecule has 2 fully saturated rings. The molecule has 5 nitrogen and oxygen atoms in total. The van der Waals surface area contributed by atoms with Crippen LogP contribution in [0.15, 0.2) is 29.6 Å². The third-order valence-electron chi connectivity index (χ3n) is 6.47. The number of nitrogens with one attached hydrogen (secondary N) is 2. The number of H-pyrrole nitrogens is 1. The summed E-state index contributed by atoms with van der Waals surface area (Å²) < 4.78 is 0. The lowest BCUT2D eigenvalue weighted by Gasteiger charge is -2.47. The molecule has 2 unspecified atom stereocenters. The second kappa shape index (κ2) is 7.01. The SMILES string of the molecule is Cc1csc(-c2ccc3c(C(=O)NC4CC5CCCC(C4)N5C)n[nH]c3c2)c1. The molecule has 2 aromatic heterocycles. The number of aromatic amines is 1. The average molecular weight is 395 g/mol. The van der Waals surface area contributed by atoms with E-state index < -0.39 is 0 Å². The van der Waals surface area contributed by atoms with E-state index in [2.05, 4.69) is 58.0 Å². The first-order valence-corrected chi connectivity index (χ1v) is 11.0. The quantitative estimate of drug-likeness (QED) is 0.694. The van der Waals surface area contributed by atoms with Crippen LogP contribution >= 0.6 is 11.3 Å². The van der Waals surface area contributed by atoms with Crippen LogP contribution in [-0.4, -0.2) is 46.2 Å². The van der Waals surface area contributed by atoms with Gasteiger partial charge < -0.3 is 10.2 Å². The first kappa shape index (κ1) is 17.9. The van der Waals surface area contributed by atoms with Gasteiger partial charge in [0, 0.05) is 28.4 Å². The third-order valence-corrected chi connectivity index (χ3v) is 7.57. The summed E-state index contributed by atoms with van der Waals surface area (Å²) >= 11 is 1.74. The van der Waals surface area contributed by atoms with Crippen molar-refractivity contribution in [3.05, 3.63) is 40.9 Å². The number of benzene rings is 1. The van der Waals surface area contributed by atoms with Crippen molar-refractivity contribution in [2.45, 2.75) is 57.2 Å². The molecule has 1 aromatic carbocycles. The largest absolute Gasteiger partial charge is 0.348 e. The molecule has 2 N–H and O–H groups in total. The Bertz CT molecular complexity index is 1010. The van der Waals surface area contributed by atoms with Crippen LogP contribution in [0.2, 0.25) is 0 Å². The van der Waals surface area contributed by atoms with E-state index in [1.165, 1.54) is 29.7 Å². The van der Waals surface area contributed by atoms with Crippen LogP contribution in [0.3, 0.4) is 0 Å². The maximum absolute atomic E-state index is 12.9. The summed E-state index contributed by atoms with van der Waals surface area (Å²) in [4.78, 5) is 16.7. The van der Waals surface area contributed by atoms with Gasteiger partial charge in [-0.3, -0.25) is 9.89 Å². The lowest BCUT2D eigenvalue weighted by molar-refractivity contribution is 0.0462. The topological polar surface area (TPSA) is 61.0 Å². The molecule has 2 aliphatic heterocycles. The molecule has 5 rings (SSSR count). The van der Waals surface area contributed by atoms with Crippen molar-refractivity contribution in [2.75, 3.05) is 7.05 Å². The van der Waals surface area contributed by atoms with E-state index in [1.54, 1.807) is 11.3 Å². The number of carbonyl (C=O) groups excluding carboxylic acids is 1. The summed E-state index contributed by atoms with van der Waals surface area (Å²) in [7, 11) is 2.24. The molecule has 0 spiro atoms. The Balaban J connectivity index is 1.35. The van der Waals surface area contributed by atoms with Gasteiger partial charge in [-0.05, 0) is 74.4 Å². The molecule has 4 heterocycles. The van der Waals surface area contributed by atoms with Gasteiger partial charge in [-0.2, -0.15) is 5.10 Å². The van der Waals surface area contributed by atoms with E-state index in [0.717, 1.165) is 29.3 Å². The van der Waals surface area contributed by atoms with Crippen molar-refractivity contribution in [2.24, 2.45) is 0 Å². The number of hydrogen-bond donors (Lipinski definition) is 2. The molecule has 146 valence electrons. The fraction of sp³-hybridized carbons (Fsp3) is 0.455. The highest BCUT2D eigenvalue weighted by atomic mass is 32.1. The Morgan fingerprint density at radius 2 is 2.04 bits per heavy atom. The van der Waals surface area contributed by atoms with Crippen LogP contribution in [0.4, 0.5) is 0 Å². The van der Waals surface area contributed by atoms with E-state index >= 15 is 0 Å². The van der Waals surface area contributed by atoms with Crippen molar-refractivity contribution in [1.82, 2.24) is 20.4 Å². The molecule has 1 amide bonds. The number of thiophene rings is 1. The molecule has 2 saturated heterocycles. The number of fused-ring (bicyclic) bond motifs is 3. The maximum Gasteiger partial charge on any atom is 0.272 e. The van der Waals surface area contributed by atoms with Gasteiger partial charge in [0.1, 0.15) is 0 Å². The molecule has 6 heteroatoms. The minimum atomic E-state index is -0.0569. The van der Waals surface area contributed by atoms with Gasteiger partial charge in [0.2, 0.25) is 0 Å². The van der Waals surface area contributed by atoms with Crippen molar-refractivity contribution in [1.29, 1.82) is 0 Å². The maximum atomic E-state index is 12.9. The first-order valence-electron chi connectivity index (χ1n) is 10.1. The molecular weight excluding hydrogens is 368 g/mol. The highest BCUT2D eigenvalue weighted by Crippen LogP contribution is 2.33. The fourth-order valence-corrected chi connectivity index (χ4v) is 5.81. The zero-order valence-corrected chi connectivity index (χ0v) is 17.2. The van der Waals surface area contributed by atoms with Crippen molar-refractivity contribution in [3.8, 4) is 10.4 Å². The van der Waals surface area contributed by atoms with Crippen LogP contribution in [0.1, 0.15) is 48.2 Å². The Kier molecular flexibility index (Phi) is 4.48. The zero-order chi connectivity index (χ0) is 19.3. The number of piperidine rings is 2. The predicted octanol–water partition coefficient (Wildman–Crippen LogP) is 4.34. The molecular formula is C22H26N4OS. The fourth-order valence-electron chi connectivity index (χ4n) is 4.92. The molecule has 28 heavy (non-hydrogen) atoms. The Hall–Kier alpha value is -2.18. The monoisotopic (exact) mass is 394 g/mol. The summed E-state index contributed by atoms with van der Waals surface area (Å²) in [5.41, 5.74) is 3.85. The highest BCUT2D eigenvalue weighted by Gasteiger charge is 2.36. The zero-order valence-electron chi connectivity index (χ0n) is 16.4. The smallest absolute Gasteiger partial charge is 0.272 e. The minimum Gasteiger partial charge on any atom is -0.348 e. The van der Waals surface area contributed by atoms with Crippen LogP contribution in [-0.2, 0) is 0 Å². The summed E-state index contributed by atoms with van der Waals surface area (Å²) in [6.07, 6.45) is 5.90. The number of nitrogens with zero attached hydrogens (tertiary/aromatic N) is 2. The van der Waals surface area contributed by atoms with Crippen LogP contribution in [0, 0.1) is 6.92 Å². The van der Waals surface area contributed by atoms with E-state index in [0.29, 0.717) is 17.8 Å². The number of carbonyl (C=O) groups is 1. The number of hydrogen-bond acceptors (Lipinski definition) is 4. The molecule has 0 saturated carbocycles. The molecule has 3 aromatic rings. The summed E-state index contributed by atoms with van der Waals surface area (Å²) in [6.45, 7) is 2.11. The summed E-state index contributed by atoms with van der Waals surface area (Å²) in [5.74, 6) is -0.0569. The average Bonchev–Trinajstić information content (AvgIpc) is 3.28. The highest BCUT2D eigenvalue weighted by molar-refractivity contribution is 7.13. The van der Waals surface area contributed by atoms with Gasteiger partial charge in [-0.25, -0.2) is 0 Å². The number of aryl methyl sites for hydroxylation is 1. The molecule has 2 aliphatic rings. The van der Waals surface area contributed by atoms with Crippen molar-refractivity contribution < 1.29 is 4.79 Å². The number of rotatable bonds is 3. The van der Waals surface area contributed by atoms with E-state index in [-0.39, 0.29) is 11.9 Å². The Morgan fingerprint density at radius 1 is 1.25 bits per heavy atom. The van der Waals surface area contributed by atoms with Crippen LogP contribution < -0.4 is 5.32 Å². The van der Waals surface area contributed by atoms with E-state index in [4.69, 9.17) is 0 Å². The summed E-state index contributed by atoms with van der Waals surface area (Å²) in [5, 5.41) is 13.7. The Labute approximate surface area is 169 Å². The lowest BCUT2D eigenvalue weighted by atomic mass is 9.82. The third kappa shape index (κ3) is 3.14. The molecule has 2 atom stereocenters. The van der Waals surface area contributed by atoms with Gasteiger partial charge in [-0.1, -0.05) is 12.5 Å². The normalized spacial score (nSPS) is 25.1.